The molecule has 1 aliphatic heterocycles. The van der Waals surface area contributed by atoms with E-state index in [0.29, 0.717) is 11.5 Å². The smallest absolute Gasteiger partial charge is 0.0483 e. The minimum absolute atomic E-state index is 0.267. The molecular formula is C13H26N2O. The lowest BCUT2D eigenvalue weighted by molar-refractivity contribution is 0.0401. The zero-order chi connectivity index (χ0) is 11.6. The van der Waals surface area contributed by atoms with Crippen molar-refractivity contribution < 1.29 is 4.74 Å². The van der Waals surface area contributed by atoms with Gasteiger partial charge in [0, 0.05) is 31.3 Å². The zero-order valence-electron chi connectivity index (χ0n) is 10.7. The first kappa shape index (κ1) is 12.3. The van der Waals surface area contributed by atoms with E-state index in [-0.39, 0.29) is 5.54 Å². The first-order valence-electron chi connectivity index (χ1n) is 6.63. The average molecular weight is 226 g/mol. The monoisotopic (exact) mass is 226 g/mol. The highest BCUT2D eigenvalue weighted by atomic mass is 16.5. The fourth-order valence-electron chi connectivity index (χ4n) is 2.89. The quantitative estimate of drug-likeness (QED) is 0.769. The van der Waals surface area contributed by atoms with Crippen LogP contribution in [0, 0.1) is 5.41 Å². The van der Waals surface area contributed by atoms with Gasteiger partial charge in [0.15, 0.2) is 0 Å². The third kappa shape index (κ3) is 2.58. The van der Waals surface area contributed by atoms with Crippen molar-refractivity contribution in [1.29, 1.82) is 0 Å². The second-order valence-electron chi connectivity index (χ2n) is 6.18. The minimum atomic E-state index is 0.267. The first-order chi connectivity index (χ1) is 7.54. The summed E-state index contributed by atoms with van der Waals surface area (Å²) in [7, 11) is 0. The van der Waals surface area contributed by atoms with Crippen LogP contribution in [0.3, 0.4) is 0 Å². The van der Waals surface area contributed by atoms with Crippen molar-refractivity contribution in [3.8, 4) is 0 Å². The van der Waals surface area contributed by atoms with Crippen LogP contribution in [0.15, 0.2) is 0 Å². The van der Waals surface area contributed by atoms with E-state index in [1.165, 1.54) is 19.3 Å². The molecule has 0 aromatic carbocycles. The lowest BCUT2D eigenvalue weighted by atomic mass is 9.83. The molecule has 2 unspecified atom stereocenters. The third-order valence-electron chi connectivity index (χ3n) is 4.67. The second kappa shape index (κ2) is 4.63. The lowest BCUT2D eigenvalue weighted by Crippen LogP contribution is -2.52. The number of rotatable bonds is 3. The topological polar surface area (TPSA) is 47.3 Å². The summed E-state index contributed by atoms with van der Waals surface area (Å²) >= 11 is 0. The van der Waals surface area contributed by atoms with E-state index < -0.39 is 0 Å². The molecular weight excluding hydrogens is 200 g/mol. The Balaban J connectivity index is 1.86. The van der Waals surface area contributed by atoms with E-state index in [0.717, 1.165) is 32.6 Å². The Bertz CT molecular complexity index is 238. The summed E-state index contributed by atoms with van der Waals surface area (Å²) in [5.41, 5.74) is 6.78. The number of ether oxygens (including phenoxy) is 1. The number of nitrogens with one attached hydrogen (secondary N) is 1. The van der Waals surface area contributed by atoms with E-state index in [2.05, 4.69) is 19.2 Å². The fraction of sp³-hybridized carbons (Fsp3) is 1.00. The summed E-state index contributed by atoms with van der Waals surface area (Å²) in [6, 6.07) is 0.378. The molecule has 0 spiro atoms. The summed E-state index contributed by atoms with van der Waals surface area (Å²) in [5, 5.41) is 3.75. The number of hydrogen-bond acceptors (Lipinski definition) is 3. The molecule has 16 heavy (non-hydrogen) atoms. The van der Waals surface area contributed by atoms with E-state index in [9.17, 15) is 0 Å². The van der Waals surface area contributed by atoms with Gasteiger partial charge in [-0.15, -0.1) is 0 Å². The van der Waals surface area contributed by atoms with Crippen molar-refractivity contribution in [2.24, 2.45) is 11.1 Å². The highest BCUT2D eigenvalue weighted by molar-refractivity contribution is 4.96. The van der Waals surface area contributed by atoms with Gasteiger partial charge in [-0.2, -0.15) is 0 Å². The molecule has 0 amide bonds. The van der Waals surface area contributed by atoms with Gasteiger partial charge in [-0.3, -0.25) is 0 Å². The Hall–Kier alpha value is -0.120. The van der Waals surface area contributed by atoms with Crippen LogP contribution in [-0.4, -0.2) is 31.3 Å². The molecule has 2 aliphatic rings. The van der Waals surface area contributed by atoms with Crippen LogP contribution >= 0.6 is 0 Å². The molecule has 2 fully saturated rings. The van der Waals surface area contributed by atoms with Gasteiger partial charge in [0.25, 0.3) is 0 Å². The van der Waals surface area contributed by atoms with Gasteiger partial charge < -0.3 is 15.8 Å². The van der Waals surface area contributed by atoms with Crippen LogP contribution in [0.2, 0.25) is 0 Å². The molecule has 3 N–H and O–H groups in total. The molecule has 2 rings (SSSR count). The molecule has 94 valence electrons. The summed E-state index contributed by atoms with van der Waals surface area (Å²) in [6.07, 6.45) is 6.00. The zero-order valence-corrected chi connectivity index (χ0v) is 10.7. The molecule has 0 bridgehead atoms. The Morgan fingerprint density at radius 3 is 2.50 bits per heavy atom. The van der Waals surface area contributed by atoms with Crippen molar-refractivity contribution >= 4 is 0 Å². The maximum absolute atomic E-state index is 6.21. The maximum Gasteiger partial charge on any atom is 0.0483 e. The van der Waals surface area contributed by atoms with Gasteiger partial charge in [-0.25, -0.2) is 0 Å². The predicted octanol–water partition coefficient (Wildman–Crippen LogP) is 1.66. The van der Waals surface area contributed by atoms with E-state index in [1.54, 1.807) is 0 Å². The van der Waals surface area contributed by atoms with Crippen molar-refractivity contribution in [2.45, 2.75) is 57.5 Å². The molecule has 3 heteroatoms. The van der Waals surface area contributed by atoms with E-state index in [4.69, 9.17) is 10.5 Å². The van der Waals surface area contributed by atoms with E-state index >= 15 is 0 Å². The van der Waals surface area contributed by atoms with Crippen molar-refractivity contribution in [3.63, 3.8) is 0 Å². The summed E-state index contributed by atoms with van der Waals surface area (Å²) in [6.45, 7) is 7.50. The highest BCUT2D eigenvalue weighted by Gasteiger charge is 2.38. The molecule has 0 aromatic rings. The van der Waals surface area contributed by atoms with Crippen LogP contribution in [0.5, 0.6) is 0 Å². The second-order valence-corrected chi connectivity index (χ2v) is 6.18. The Morgan fingerprint density at radius 1 is 1.25 bits per heavy atom. The molecule has 1 heterocycles. The number of nitrogens with two attached hydrogens (primary N) is 1. The fourth-order valence-corrected chi connectivity index (χ4v) is 2.89. The summed E-state index contributed by atoms with van der Waals surface area (Å²) < 4.78 is 5.42. The van der Waals surface area contributed by atoms with Gasteiger partial charge in [-0.1, -0.05) is 13.3 Å². The van der Waals surface area contributed by atoms with Crippen molar-refractivity contribution in [3.05, 3.63) is 0 Å². The van der Waals surface area contributed by atoms with Crippen LogP contribution < -0.4 is 11.1 Å². The highest BCUT2D eigenvalue weighted by Crippen LogP contribution is 2.36. The predicted molar refractivity (Wildman–Crippen MR) is 66.4 cm³/mol. The molecule has 3 nitrogen and oxygen atoms in total. The lowest BCUT2D eigenvalue weighted by Gasteiger charge is -2.39. The minimum Gasteiger partial charge on any atom is -0.381 e. The SMILES string of the molecule is CC1(NCC2(C)CCCC2N)CCOCC1. The van der Waals surface area contributed by atoms with Gasteiger partial charge in [0.1, 0.15) is 0 Å². The Labute approximate surface area is 99.1 Å². The van der Waals surface area contributed by atoms with Gasteiger partial charge in [0.05, 0.1) is 0 Å². The average Bonchev–Trinajstić information content (AvgIpc) is 2.59. The Kier molecular flexibility index (Phi) is 3.57. The largest absolute Gasteiger partial charge is 0.381 e. The number of hydrogen-bond donors (Lipinski definition) is 2. The molecule has 2 atom stereocenters. The van der Waals surface area contributed by atoms with Crippen LogP contribution in [0.1, 0.15) is 46.0 Å². The Morgan fingerprint density at radius 2 is 1.94 bits per heavy atom. The van der Waals surface area contributed by atoms with E-state index in [1.807, 2.05) is 0 Å². The molecule has 0 radical (unpaired) electrons. The molecule has 0 aromatic heterocycles. The molecule has 1 saturated carbocycles. The third-order valence-corrected chi connectivity index (χ3v) is 4.67. The summed E-state index contributed by atoms with van der Waals surface area (Å²) in [4.78, 5) is 0. The van der Waals surface area contributed by atoms with Gasteiger partial charge >= 0.3 is 0 Å². The normalized spacial score (nSPS) is 38.8. The summed E-state index contributed by atoms with van der Waals surface area (Å²) in [5.74, 6) is 0. The van der Waals surface area contributed by atoms with Crippen LogP contribution in [0.4, 0.5) is 0 Å². The van der Waals surface area contributed by atoms with Crippen molar-refractivity contribution in [2.75, 3.05) is 19.8 Å². The van der Waals surface area contributed by atoms with Crippen molar-refractivity contribution in [1.82, 2.24) is 5.32 Å². The van der Waals surface area contributed by atoms with Gasteiger partial charge in [0.2, 0.25) is 0 Å². The van der Waals surface area contributed by atoms with Gasteiger partial charge in [-0.05, 0) is 38.0 Å². The standard InChI is InChI=1S/C13H26N2O/c1-12(5-3-4-11(12)14)10-15-13(2)6-8-16-9-7-13/h11,15H,3-10,14H2,1-2H3. The molecule has 1 aliphatic carbocycles. The van der Waals surface area contributed by atoms with Crippen LogP contribution in [0.25, 0.3) is 0 Å². The van der Waals surface area contributed by atoms with Crippen LogP contribution in [-0.2, 0) is 4.74 Å². The first-order valence-corrected chi connectivity index (χ1v) is 6.63. The molecule has 1 saturated heterocycles. The maximum atomic E-state index is 6.21.